The van der Waals surface area contributed by atoms with Crippen LogP contribution >= 0.6 is 0 Å². The Balaban J connectivity index is 1.46. The minimum absolute atomic E-state index is 0.238. The van der Waals surface area contributed by atoms with Gasteiger partial charge in [-0.3, -0.25) is 14.4 Å². The molecule has 2 aliphatic carbocycles. The molecule has 0 heterocycles. The lowest BCUT2D eigenvalue weighted by molar-refractivity contribution is -0.148. The zero-order valence-corrected chi connectivity index (χ0v) is 16.7. The molecule has 3 atom stereocenters. The highest BCUT2D eigenvalue weighted by Crippen LogP contribution is 2.49. The smallest absolute Gasteiger partial charge is 0.306 e. The van der Waals surface area contributed by atoms with Gasteiger partial charge in [0.05, 0.1) is 11.3 Å². The minimum Gasteiger partial charge on any atom is -0.456 e. The third-order valence-corrected chi connectivity index (χ3v) is 5.79. The minimum atomic E-state index is -0.439. The van der Waals surface area contributed by atoms with E-state index in [9.17, 15) is 14.4 Å². The van der Waals surface area contributed by atoms with Gasteiger partial charge in [-0.1, -0.05) is 32.4 Å². The summed E-state index contributed by atoms with van der Waals surface area (Å²) in [6, 6.07) is 6.82. The van der Waals surface area contributed by atoms with Crippen molar-refractivity contribution in [3.63, 3.8) is 0 Å². The fraction of sp³-hybridized carbons (Fsp3) is 0.591. The number of carbonyl (C=O) groups excluding carboxylic acids is 3. The van der Waals surface area contributed by atoms with E-state index in [1.54, 1.807) is 24.3 Å². The molecule has 0 radical (unpaired) electrons. The molecular weight excluding hydrogens is 356 g/mol. The Labute approximate surface area is 166 Å². The van der Waals surface area contributed by atoms with Crippen molar-refractivity contribution in [2.45, 2.75) is 46.0 Å². The number of rotatable bonds is 8. The van der Waals surface area contributed by atoms with Crippen molar-refractivity contribution >= 4 is 23.5 Å². The van der Waals surface area contributed by atoms with E-state index >= 15 is 0 Å². The molecule has 0 unspecified atom stereocenters. The first-order chi connectivity index (χ1) is 13.4. The number of carbonyl (C=O) groups is 3. The lowest BCUT2D eigenvalue weighted by Gasteiger charge is -2.20. The first-order valence-corrected chi connectivity index (χ1v) is 10.2. The summed E-state index contributed by atoms with van der Waals surface area (Å²) >= 11 is 0. The van der Waals surface area contributed by atoms with Crippen molar-refractivity contribution in [2.24, 2.45) is 23.7 Å². The van der Waals surface area contributed by atoms with Crippen LogP contribution in [0.2, 0.25) is 0 Å². The van der Waals surface area contributed by atoms with E-state index in [1.807, 2.05) is 13.8 Å². The summed E-state index contributed by atoms with van der Waals surface area (Å²) in [5, 5.41) is 5.52. The molecular formula is C22H30N2O4. The van der Waals surface area contributed by atoms with Gasteiger partial charge in [0, 0.05) is 13.0 Å². The molecule has 152 valence electrons. The van der Waals surface area contributed by atoms with Crippen molar-refractivity contribution in [1.29, 1.82) is 0 Å². The summed E-state index contributed by atoms with van der Waals surface area (Å²) in [5.74, 6) is 1.20. The van der Waals surface area contributed by atoms with Crippen LogP contribution in [0.3, 0.4) is 0 Å². The Bertz CT molecular complexity index is 731. The summed E-state index contributed by atoms with van der Waals surface area (Å²) in [6.07, 6.45) is 5.28. The van der Waals surface area contributed by atoms with Crippen LogP contribution in [0.1, 0.15) is 56.3 Å². The van der Waals surface area contributed by atoms with Crippen molar-refractivity contribution in [1.82, 2.24) is 5.32 Å². The SMILES string of the molecule is CC(C)CNC(=O)c1ccccc1NC(=O)COC(=O)C[C@@H]1C[C@H]2CC[C@@H]1C2. The Morgan fingerprint density at radius 1 is 1.14 bits per heavy atom. The standard InChI is InChI=1S/C22H30N2O4/c1-14(2)12-23-22(27)18-5-3-4-6-19(18)24-20(25)13-28-21(26)11-17-10-15-7-8-16(17)9-15/h3-6,14-17H,7-13H2,1-2H3,(H,23,27)(H,24,25)/t15-,16+,17-/m0/s1. The fourth-order valence-corrected chi connectivity index (χ4v) is 4.41. The first-order valence-electron chi connectivity index (χ1n) is 10.2. The molecule has 1 aromatic carbocycles. The van der Waals surface area contributed by atoms with Gasteiger partial charge in [0.1, 0.15) is 0 Å². The third-order valence-electron chi connectivity index (χ3n) is 5.79. The molecule has 2 fully saturated rings. The number of nitrogens with one attached hydrogen (secondary N) is 2. The van der Waals surface area contributed by atoms with Crippen LogP contribution in [0.4, 0.5) is 5.69 Å². The second-order valence-corrected chi connectivity index (χ2v) is 8.50. The van der Waals surface area contributed by atoms with Crippen molar-refractivity contribution < 1.29 is 19.1 Å². The number of benzene rings is 1. The highest BCUT2D eigenvalue weighted by molar-refractivity contribution is 6.04. The zero-order chi connectivity index (χ0) is 20.1. The molecule has 6 nitrogen and oxygen atoms in total. The van der Waals surface area contributed by atoms with E-state index in [4.69, 9.17) is 4.74 Å². The molecule has 2 amide bonds. The van der Waals surface area contributed by atoms with Crippen molar-refractivity contribution in [3.8, 4) is 0 Å². The Morgan fingerprint density at radius 2 is 1.93 bits per heavy atom. The number of hydrogen-bond donors (Lipinski definition) is 2. The van der Waals surface area contributed by atoms with Crippen LogP contribution in [0, 0.1) is 23.7 Å². The van der Waals surface area contributed by atoms with E-state index in [-0.39, 0.29) is 18.5 Å². The first kappa shape index (κ1) is 20.4. The van der Waals surface area contributed by atoms with Crippen LogP contribution in [0.5, 0.6) is 0 Å². The monoisotopic (exact) mass is 386 g/mol. The van der Waals surface area contributed by atoms with E-state index in [2.05, 4.69) is 10.6 Å². The van der Waals surface area contributed by atoms with E-state index < -0.39 is 5.91 Å². The average molecular weight is 386 g/mol. The maximum Gasteiger partial charge on any atom is 0.306 e. The van der Waals surface area contributed by atoms with Gasteiger partial charge in [-0.2, -0.15) is 0 Å². The van der Waals surface area contributed by atoms with E-state index in [0.29, 0.717) is 42.0 Å². The largest absolute Gasteiger partial charge is 0.456 e. The third kappa shape index (κ3) is 5.33. The predicted octanol–water partition coefficient (Wildman–Crippen LogP) is 3.38. The van der Waals surface area contributed by atoms with Gasteiger partial charge in [-0.25, -0.2) is 0 Å². The number of anilines is 1. The highest BCUT2D eigenvalue weighted by Gasteiger charge is 2.40. The molecule has 0 aliphatic heterocycles. The normalized spacial score (nSPS) is 22.9. The molecule has 6 heteroatoms. The second-order valence-electron chi connectivity index (χ2n) is 8.50. The van der Waals surface area contributed by atoms with Crippen molar-refractivity contribution in [2.75, 3.05) is 18.5 Å². The molecule has 2 saturated carbocycles. The molecule has 2 N–H and O–H groups in total. The molecule has 28 heavy (non-hydrogen) atoms. The number of ether oxygens (including phenoxy) is 1. The molecule has 0 spiro atoms. The predicted molar refractivity (Wildman–Crippen MR) is 107 cm³/mol. The van der Waals surface area contributed by atoms with Gasteiger partial charge in [0.2, 0.25) is 0 Å². The van der Waals surface area contributed by atoms with Crippen LogP contribution in [0.15, 0.2) is 24.3 Å². The summed E-state index contributed by atoms with van der Waals surface area (Å²) < 4.78 is 5.17. The van der Waals surface area contributed by atoms with Gasteiger partial charge in [-0.05, 0) is 55.1 Å². The number of para-hydroxylation sites is 1. The lowest BCUT2D eigenvalue weighted by atomic mass is 9.86. The number of hydrogen-bond acceptors (Lipinski definition) is 4. The van der Waals surface area contributed by atoms with E-state index in [1.165, 1.54) is 19.3 Å². The van der Waals surface area contributed by atoms with Crippen LogP contribution in [0.25, 0.3) is 0 Å². The Kier molecular flexibility index (Phi) is 6.70. The molecule has 1 aromatic rings. The molecule has 0 aromatic heterocycles. The van der Waals surface area contributed by atoms with Crippen LogP contribution in [-0.4, -0.2) is 30.9 Å². The fourth-order valence-electron chi connectivity index (χ4n) is 4.41. The number of fused-ring (bicyclic) bond motifs is 2. The zero-order valence-electron chi connectivity index (χ0n) is 16.7. The van der Waals surface area contributed by atoms with Gasteiger partial charge >= 0.3 is 5.97 Å². The number of esters is 1. The van der Waals surface area contributed by atoms with E-state index in [0.717, 1.165) is 12.3 Å². The van der Waals surface area contributed by atoms with Crippen molar-refractivity contribution in [3.05, 3.63) is 29.8 Å². The molecule has 0 saturated heterocycles. The average Bonchev–Trinajstić information content (AvgIpc) is 3.28. The summed E-state index contributed by atoms with van der Waals surface area (Å²) in [6.45, 7) is 4.25. The molecule has 2 aliphatic rings. The Morgan fingerprint density at radius 3 is 2.61 bits per heavy atom. The summed E-state index contributed by atoms with van der Waals surface area (Å²) in [4.78, 5) is 36.6. The maximum absolute atomic E-state index is 12.3. The lowest BCUT2D eigenvalue weighted by Crippen LogP contribution is -2.29. The maximum atomic E-state index is 12.3. The van der Waals surface area contributed by atoms with Gasteiger partial charge in [0.25, 0.3) is 11.8 Å². The quantitative estimate of drug-likeness (QED) is 0.671. The van der Waals surface area contributed by atoms with Crippen LogP contribution < -0.4 is 10.6 Å². The topological polar surface area (TPSA) is 84.5 Å². The molecule has 3 rings (SSSR count). The second kappa shape index (κ2) is 9.22. The summed E-state index contributed by atoms with van der Waals surface area (Å²) in [7, 11) is 0. The van der Waals surface area contributed by atoms with Gasteiger partial charge < -0.3 is 15.4 Å². The molecule has 2 bridgehead atoms. The van der Waals surface area contributed by atoms with Gasteiger partial charge in [-0.15, -0.1) is 0 Å². The summed E-state index contributed by atoms with van der Waals surface area (Å²) in [5.41, 5.74) is 0.808. The van der Waals surface area contributed by atoms with Crippen LogP contribution in [-0.2, 0) is 14.3 Å². The Hall–Kier alpha value is -2.37. The highest BCUT2D eigenvalue weighted by atomic mass is 16.5. The van der Waals surface area contributed by atoms with Gasteiger partial charge in [0.15, 0.2) is 6.61 Å². The number of amides is 2.